The molecule has 0 spiro atoms. The summed E-state index contributed by atoms with van der Waals surface area (Å²) < 4.78 is 0. The molecule has 1 aliphatic heterocycles. The number of carbonyl (C=O) groups excluding carboxylic acids is 2. The van der Waals surface area contributed by atoms with Crippen molar-refractivity contribution in [1.82, 2.24) is 10.0 Å². The molecule has 1 saturated heterocycles. The minimum absolute atomic E-state index is 0.136. The highest BCUT2D eigenvalue weighted by Gasteiger charge is 2.36. The maximum atomic E-state index is 11.1. The van der Waals surface area contributed by atoms with Crippen molar-refractivity contribution in [1.29, 1.82) is 0 Å². The van der Waals surface area contributed by atoms with Crippen molar-refractivity contribution in [2.45, 2.75) is 6.92 Å². The highest BCUT2D eigenvalue weighted by Crippen LogP contribution is 2.17. The SMILES string of the molecule is CC1CN(C)N(C(=O)Cl)C1=O. The summed E-state index contributed by atoms with van der Waals surface area (Å²) in [5.41, 5.74) is 0. The number of halogens is 1. The summed E-state index contributed by atoms with van der Waals surface area (Å²) in [4.78, 5) is 21.8. The van der Waals surface area contributed by atoms with Crippen molar-refractivity contribution in [2.75, 3.05) is 13.6 Å². The number of nitrogens with zero attached hydrogens (tertiary/aromatic N) is 2. The Morgan fingerprint density at radius 2 is 2.27 bits per heavy atom. The molecule has 1 aliphatic rings. The molecule has 5 heteroatoms. The van der Waals surface area contributed by atoms with Crippen molar-refractivity contribution >= 4 is 22.9 Å². The Morgan fingerprint density at radius 3 is 2.45 bits per heavy atom. The summed E-state index contributed by atoms with van der Waals surface area (Å²) in [6.45, 7) is 2.32. The summed E-state index contributed by atoms with van der Waals surface area (Å²) >= 11 is 5.16. The first kappa shape index (κ1) is 8.49. The van der Waals surface area contributed by atoms with Crippen molar-refractivity contribution < 1.29 is 9.59 Å². The van der Waals surface area contributed by atoms with E-state index < -0.39 is 5.37 Å². The van der Waals surface area contributed by atoms with Gasteiger partial charge in [0.25, 0.3) is 0 Å². The molecule has 0 N–H and O–H groups in total. The Bertz CT molecular complexity index is 207. The van der Waals surface area contributed by atoms with Gasteiger partial charge in [-0.25, -0.2) is 5.01 Å². The van der Waals surface area contributed by atoms with Gasteiger partial charge >= 0.3 is 5.37 Å². The van der Waals surface area contributed by atoms with Gasteiger partial charge in [0.05, 0.1) is 5.92 Å². The molecule has 62 valence electrons. The lowest BCUT2D eigenvalue weighted by molar-refractivity contribution is -0.132. The molecule has 0 saturated carbocycles. The zero-order chi connectivity index (χ0) is 8.59. The summed E-state index contributed by atoms with van der Waals surface area (Å²) in [6.07, 6.45) is 0. The number of amides is 2. The van der Waals surface area contributed by atoms with Gasteiger partial charge in [-0.15, -0.1) is 0 Å². The van der Waals surface area contributed by atoms with Crippen molar-refractivity contribution in [3.63, 3.8) is 0 Å². The molecule has 0 aromatic carbocycles. The van der Waals surface area contributed by atoms with Crippen LogP contribution in [0.25, 0.3) is 0 Å². The molecule has 1 rings (SSSR count). The zero-order valence-corrected chi connectivity index (χ0v) is 7.13. The quantitative estimate of drug-likeness (QED) is 0.403. The molecule has 1 fully saturated rings. The van der Waals surface area contributed by atoms with Crippen LogP contribution in [0.3, 0.4) is 0 Å². The molecule has 2 amide bonds. The van der Waals surface area contributed by atoms with Crippen LogP contribution < -0.4 is 0 Å². The highest BCUT2D eigenvalue weighted by atomic mass is 35.5. The average Bonchev–Trinajstić information content (AvgIpc) is 2.07. The lowest BCUT2D eigenvalue weighted by Gasteiger charge is -2.17. The van der Waals surface area contributed by atoms with Crippen LogP contribution in [0.5, 0.6) is 0 Å². The number of hydrogen-bond acceptors (Lipinski definition) is 3. The zero-order valence-electron chi connectivity index (χ0n) is 6.37. The monoisotopic (exact) mass is 176 g/mol. The van der Waals surface area contributed by atoms with E-state index in [2.05, 4.69) is 0 Å². The van der Waals surface area contributed by atoms with Crippen molar-refractivity contribution in [2.24, 2.45) is 5.92 Å². The molecule has 0 aliphatic carbocycles. The molecule has 1 heterocycles. The standard InChI is InChI=1S/C6H9ClN2O2/c1-4-3-8(2)9(5(4)10)6(7)11/h4H,3H2,1-2H3. The third kappa shape index (κ3) is 1.36. The number of carbonyl (C=O) groups is 2. The lowest BCUT2D eigenvalue weighted by Crippen LogP contribution is -2.38. The minimum Gasteiger partial charge on any atom is -0.273 e. The third-order valence-corrected chi connectivity index (χ3v) is 1.84. The van der Waals surface area contributed by atoms with Gasteiger partial charge in [0.15, 0.2) is 0 Å². The fraction of sp³-hybridized carbons (Fsp3) is 0.667. The van der Waals surface area contributed by atoms with Gasteiger partial charge in [-0.1, -0.05) is 6.92 Å². The van der Waals surface area contributed by atoms with E-state index in [1.807, 2.05) is 0 Å². The predicted molar refractivity (Wildman–Crippen MR) is 39.9 cm³/mol. The molecular formula is C6H9ClN2O2. The van der Waals surface area contributed by atoms with E-state index in [1.54, 1.807) is 14.0 Å². The van der Waals surface area contributed by atoms with Gasteiger partial charge in [0.2, 0.25) is 5.91 Å². The van der Waals surface area contributed by atoms with Gasteiger partial charge in [-0.2, -0.15) is 5.01 Å². The molecule has 1 unspecified atom stereocenters. The van der Waals surface area contributed by atoms with Crippen LogP contribution in [-0.4, -0.2) is 34.9 Å². The van der Waals surface area contributed by atoms with Crippen LogP contribution >= 0.6 is 11.6 Å². The van der Waals surface area contributed by atoms with Crippen molar-refractivity contribution in [3.8, 4) is 0 Å². The lowest BCUT2D eigenvalue weighted by atomic mass is 10.2. The second-order valence-corrected chi connectivity index (χ2v) is 2.97. The number of rotatable bonds is 0. The number of hydrogen-bond donors (Lipinski definition) is 0. The predicted octanol–water partition coefficient (Wildman–Crippen LogP) is 0.670. The molecular weight excluding hydrogens is 168 g/mol. The molecule has 0 aromatic heterocycles. The van der Waals surface area contributed by atoms with E-state index in [0.29, 0.717) is 6.54 Å². The first-order valence-electron chi connectivity index (χ1n) is 3.28. The van der Waals surface area contributed by atoms with Crippen LogP contribution in [0.15, 0.2) is 0 Å². The smallest absolute Gasteiger partial charge is 0.273 e. The fourth-order valence-corrected chi connectivity index (χ4v) is 1.37. The van der Waals surface area contributed by atoms with Crippen LogP contribution in [0.4, 0.5) is 4.79 Å². The Labute approximate surface area is 69.7 Å². The van der Waals surface area contributed by atoms with Gasteiger partial charge < -0.3 is 0 Å². The molecule has 0 radical (unpaired) electrons. The van der Waals surface area contributed by atoms with E-state index in [-0.39, 0.29) is 11.8 Å². The largest absolute Gasteiger partial charge is 0.337 e. The van der Waals surface area contributed by atoms with E-state index in [0.717, 1.165) is 5.01 Å². The van der Waals surface area contributed by atoms with E-state index >= 15 is 0 Å². The number of hydrazine groups is 1. The highest BCUT2D eigenvalue weighted by molar-refractivity contribution is 6.64. The summed E-state index contributed by atoms with van der Waals surface area (Å²) in [5, 5.41) is 1.73. The van der Waals surface area contributed by atoms with Gasteiger partial charge in [0, 0.05) is 13.6 Å². The maximum absolute atomic E-state index is 11.1. The summed E-state index contributed by atoms with van der Waals surface area (Å²) in [5.74, 6) is -0.366. The van der Waals surface area contributed by atoms with Crippen LogP contribution in [0.1, 0.15) is 6.92 Å². The molecule has 4 nitrogen and oxygen atoms in total. The Hall–Kier alpha value is -0.610. The van der Waals surface area contributed by atoms with E-state index in [9.17, 15) is 9.59 Å². The molecule has 0 aromatic rings. The summed E-state index contributed by atoms with van der Waals surface area (Å²) in [7, 11) is 1.65. The minimum atomic E-state index is -0.734. The van der Waals surface area contributed by atoms with Crippen molar-refractivity contribution in [3.05, 3.63) is 0 Å². The molecule has 0 bridgehead atoms. The third-order valence-electron chi connectivity index (χ3n) is 1.68. The number of imide groups is 1. The second-order valence-electron chi connectivity index (χ2n) is 2.64. The van der Waals surface area contributed by atoms with Gasteiger partial charge in [0.1, 0.15) is 0 Å². The van der Waals surface area contributed by atoms with E-state index in [4.69, 9.17) is 11.6 Å². The van der Waals surface area contributed by atoms with Crippen LogP contribution in [0, 0.1) is 5.92 Å². The van der Waals surface area contributed by atoms with E-state index in [1.165, 1.54) is 5.01 Å². The maximum Gasteiger partial charge on any atom is 0.337 e. The first-order valence-corrected chi connectivity index (χ1v) is 3.66. The van der Waals surface area contributed by atoms with Crippen LogP contribution in [0.2, 0.25) is 0 Å². The van der Waals surface area contributed by atoms with Gasteiger partial charge in [-0.05, 0) is 11.6 Å². The summed E-state index contributed by atoms with van der Waals surface area (Å²) in [6, 6.07) is 0. The normalized spacial score (nSPS) is 26.3. The topological polar surface area (TPSA) is 40.6 Å². The molecule has 1 atom stereocenters. The van der Waals surface area contributed by atoms with Crippen LogP contribution in [-0.2, 0) is 4.79 Å². The molecule has 11 heavy (non-hydrogen) atoms. The average molecular weight is 177 g/mol. The Kier molecular flexibility index (Phi) is 2.15. The Balaban J connectivity index is 2.80. The first-order chi connectivity index (χ1) is 5.04. The Morgan fingerprint density at radius 1 is 1.73 bits per heavy atom. The van der Waals surface area contributed by atoms with Gasteiger partial charge in [-0.3, -0.25) is 9.59 Å². The second kappa shape index (κ2) is 2.79. The fourth-order valence-electron chi connectivity index (χ4n) is 1.15.